The molecule has 0 unspecified atom stereocenters. The molecule has 0 fully saturated rings. The van der Waals surface area contributed by atoms with Gasteiger partial charge in [-0.15, -0.1) is 0 Å². The summed E-state index contributed by atoms with van der Waals surface area (Å²) in [6.07, 6.45) is 6.40. The number of hydrogen-bond donors (Lipinski definition) is 3. The van der Waals surface area contributed by atoms with Crippen LogP contribution in [0, 0.1) is 0 Å². The molecular weight excluding hydrogens is 439 g/mol. The Bertz CT molecular complexity index is 1120. The lowest BCUT2D eigenvalue weighted by atomic mass is 10.2. The number of benzene rings is 1. The quantitative estimate of drug-likeness (QED) is 0.466. The molecule has 0 spiro atoms. The second kappa shape index (κ2) is 10.3. The number of amides is 2. The number of rotatable bonds is 7. The van der Waals surface area contributed by atoms with Gasteiger partial charge in [0.15, 0.2) is 0 Å². The van der Waals surface area contributed by atoms with Crippen molar-refractivity contribution in [3.8, 4) is 5.69 Å². The zero-order valence-electron chi connectivity index (χ0n) is 16.6. The summed E-state index contributed by atoms with van der Waals surface area (Å²) in [5.41, 5.74) is 2.63. The van der Waals surface area contributed by atoms with E-state index >= 15 is 0 Å². The van der Waals surface area contributed by atoms with Crippen LogP contribution < -0.4 is 10.6 Å². The fourth-order valence-electron chi connectivity index (χ4n) is 2.88. The van der Waals surface area contributed by atoms with Crippen LogP contribution in [-0.4, -0.2) is 26.5 Å². The van der Waals surface area contributed by atoms with Crippen molar-refractivity contribution in [3.63, 3.8) is 0 Å². The monoisotopic (exact) mass is 458 g/mol. The topological polar surface area (TPSA) is 96.2 Å². The molecular formula is C22H20Cl2N4O3. The summed E-state index contributed by atoms with van der Waals surface area (Å²) in [7, 11) is 0. The molecule has 0 saturated carbocycles. The molecule has 2 amide bonds. The highest BCUT2D eigenvalue weighted by atomic mass is 35.5. The van der Waals surface area contributed by atoms with Gasteiger partial charge in [0.25, 0.3) is 0 Å². The smallest absolute Gasteiger partial charge is 0.244 e. The van der Waals surface area contributed by atoms with E-state index in [1.807, 2.05) is 22.9 Å². The van der Waals surface area contributed by atoms with Crippen molar-refractivity contribution in [2.45, 2.75) is 20.1 Å². The van der Waals surface area contributed by atoms with Gasteiger partial charge in [0.2, 0.25) is 11.8 Å². The average Bonchev–Trinajstić information content (AvgIpc) is 3.20. The number of aliphatic hydroxyl groups is 1. The fourth-order valence-corrected chi connectivity index (χ4v) is 3.46. The summed E-state index contributed by atoms with van der Waals surface area (Å²) >= 11 is 12.5. The second-order valence-electron chi connectivity index (χ2n) is 6.60. The third-order valence-corrected chi connectivity index (χ3v) is 5.15. The van der Waals surface area contributed by atoms with Crippen molar-refractivity contribution in [1.29, 1.82) is 0 Å². The van der Waals surface area contributed by atoms with Gasteiger partial charge in [-0.05, 0) is 48.0 Å². The van der Waals surface area contributed by atoms with Gasteiger partial charge < -0.3 is 20.3 Å². The van der Waals surface area contributed by atoms with E-state index in [1.54, 1.807) is 36.5 Å². The first-order valence-corrected chi connectivity index (χ1v) is 10.1. The Morgan fingerprint density at radius 3 is 2.68 bits per heavy atom. The number of nitrogens with zero attached hydrogens (tertiary/aromatic N) is 2. The van der Waals surface area contributed by atoms with Crippen LogP contribution in [0.3, 0.4) is 0 Å². The third kappa shape index (κ3) is 5.73. The minimum atomic E-state index is -0.281. The van der Waals surface area contributed by atoms with Crippen molar-refractivity contribution in [2.24, 2.45) is 0 Å². The average molecular weight is 459 g/mol. The van der Waals surface area contributed by atoms with E-state index in [2.05, 4.69) is 15.6 Å². The molecule has 0 bridgehead atoms. The number of carbonyl (C=O) groups is 2. The molecule has 31 heavy (non-hydrogen) atoms. The van der Waals surface area contributed by atoms with E-state index < -0.39 is 0 Å². The lowest BCUT2D eigenvalue weighted by Gasteiger charge is -2.14. The SMILES string of the molecule is CC(=O)Nc1ccc(/C=C/C(=O)NCc2cccn2-c2ccc(Cl)c(CO)c2Cl)cn1. The fraction of sp³-hybridized carbons (Fsp3) is 0.136. The molecule has 0 atom stereocenters. The first kappa shape index (κ1) is 22.6. The number of pyridine rings is 1. The third-order valence-electron chi connectivity index (χ3n) is 4.38. The number of anilines is 1. The molecule has 0 saturated heterocycles. The maximum atomic E-state index is 12.2. The standard InChI is InChI=1S/C22H20Cl2N4O3/c1-14(30)27-20-8-4-15(11-25-20)5-9-21(31)26-12-16-3-2-10-28(16)19-7-6-18(23)17(13-29)22(19)24/h2-11,29H,12-13H2,1H3,(H,26,31)(H,25,27,30)/b9-5+. The second-order valence-corrected chi connectivity index (χ2v) is 7.38. The van der Waals surface area contributed by atoms with Crippen LogP contribution in [0.1, 0.15) is 23.7 Å². The molecule has 7 nitrogen and oxygen atoms in total. The van der Waals surface area contributed by atoms with Crippen LogP contribution >= 0.6 is 23.2 Å². The largest absolute Gasteiger partial charge is 0.392 e. The van der Waals surface area contributed by atoms with Gasteiger partial charge in [-0.2, -0.15) is 0 Å². The summed E-state index contributed by atoms with van der Waals surface area (Å²) in [4.78, 5) is 27.3. The van der Waals surface area contributed by atoms with Gasteiger partial charge >= 0.3 is 0 Å². The van der Waals surface area contributed by atoms with Gasteiger partial charge in [-0.1, -0.05) is 23.2 Å². The highest BCUT2D eigenvalue weighted by molar-refractivity contribution is 6.37. The number of carbonyl (C=O) groups excluding carboxylic acids is 2. The van der Waals surface area contributed by atoms with Crippen LogP contribution in [0.2, 0.25) is 10.0 Å². The molecule has 0 aliphatic rings. The Labute approximate surface area is 189 Å². The first-order chi connectivity index (χ1) is 14.9. The van der Waals surface area contributed by atoms with Crippen LogP contribution in [0.25, 0.3) is 11.8 Å². The number of hydrogen-bond acceptors (Lipinski definition) is 4. The Morgan fingerprint density at radius 2 is 2.00 bits per heavy atom. The Balaban J connectivity index is 1.65. The predicted octanol–water partition coefficient (Wildman–Crippen LogP) is 3.96. The van der Waals surface area contributed by atoms with Gasteiger partial charge in [0.05, 0.1) is 23.9 Å². The first-order valence-electron chi connectivity index (χ1n) is 9.33. The Morgan fingerprint density at radius 1 is 1.19 bits per heavy atom. The molecule has 160 valence electrons. The van der Waals surface area contributed by atoms with Crippen molar-refractivity contribution in [3.05, 3.63) is 81.7 Å². The summed E-state index contributed by atoms with van der Waals surface area (Å²) in [6, 6.07) is 10.5. The number of aromatic nitrogens is 2. The summed E-state index contributed by atoms with van der Waals surface area (Å²) in [5.74, 6) is -0.0376. The van der Waals surface area contributed by atoms with Crippen molar-refractivity contribution in [1.82, 2.24) is 14.9 Å². The lowest BCUT2D eigenvalue weighted by Crippen LogP contribution is -2.21. The number of nitrogens with one attached hydrogen (secondary N) is 2. The molecule has 3 aromatic rings. The van der Waals surface area contributed by atoms with E-state index in [-0.39, 0.29) is 25.0 Å². The van der Waals surface area contributed by atoms with E-state index in [0.717, 1.165) is 11.3 Å². The van der Waals surface area contributed by atoms with E-state index in [1.165, 1.54) is 13.0 Å². The minimum Gasteiger partial charge on any atom is -0.392 e. The van der Waals surface area contributed by atoms with Gasteiger partial charge in [0, 0.05) is 41.7 Å². The Kier molecular flexibility index (Phi) is 7.46. The van der Waals surface area contributed by atoms with Crippen molar-refractivity contribution < 1.29 is 14.7 Å². The van der Waals surface area contributed by atoms with Gasteiger partial charge in [-0.25, -0.2) is 4.98 Å². The molecule has 9 heteroatoms. The molecule has 0 aliphatic carbocycles. The van der Waals surface area contributed by atoms with E-state index in [0.29, 0.717) is 27.1 Å². The molecule has 1 aromatic carbocycles. The Hall–Kier alpha value is -3.13. The summed E-state index contributed by atoms with van der Waals surface area (Å²) < 4.78 is 1.83. The van der Waals surface area contributed by atoms with Crippen molar-refractivity contribution >= 4 is 46.9 Å². The molecule has 2 heterocycles. The van der Waals surface area contributed by atoms with Crippen LogP contribution in [0.4, 0.5) is 5.82 Å². The van der Waals surface area contributed by atoms with Crippen molar-refractivity contribution in [2.75, 3.05) is 5.32 Å². The molecule has 3 rings (SSSR count). The zero-order chi connectivity index (χ0) is 22.4. The molecule has 0 aliphatic heterocycles. The maximum absolute atomic E-state index is 12.2. The number of halogens is 2. The minimum absolute atomic E-state index is 0.201. The normalized spacial score (nSPS) is 11.0. The molecule has 2 aromatic heterocycles. The highest BCUT2D eigenvalue weighted by Gasteiger charge is 2.13. The van der Waals surface area contributed by atoms with Crippen LogP contribution in [0.5, 0.6) is 0 Å². The predicted molar refractivity (Wildman–Crippen MR) is 121 cm³/mol. The lowest BCUT2D eigenvalue weighted by molar-refractivity contribution is -0.116. The molecule has 3 N–H and O–H groups in total. The maximum Gasteiger partial charge on any atom is 0.244 e. The number of aliphatic hydroxyl groups excluding tert-OH is 1. The highest BCUT2D eigenvalue weighted by Crippen LogP contribution is 2.31. The van der Waals surface area contributed by atoms with E-state index in [9.17, 15) is 14.7 Å². The van der Waals surface area contributed by atoms with Gasteiger partial charge in [-0.3, -0.25) is 9.59 Å². The van der Waals surface area contributed by atoms with Crippen LogP contribution in [-0.2, 0) is 22.7 Å². The van der Waals surface area contributed by atoms with Crippen LogP contribution in [0.15, 0.2) is 54.9 Å². The summed E-state index contributed by atoms with van der Waals surface area (Å²) in [6.45, 7) is 1.40. The van der Waals surface area contributed by atoms with E-state index in [4.69, 9.17) is 23.2 Å². The summed E-state index contributed by atoms with van der Waals surface area (Å²) in [5, 5.41) is 15.7. The molecule has 0 radical (unpaired) electrons. The zero-order valence-corrected chi connectivity index (χ0v) is 18.1. The van der Waals surface area contributed by atoms with Gasteiger partial charge in [0.1, 0.15) is 5.82 Å².